The summed E-state index contributed by atoms with van der Waals surface area (Å²) in [6, 6.07) is 0.465. The summed E-state index contributed by atoms with van der Waals surface area (Å²) in [5, 5.41) is 0. The normalized spacial score (nSPS) is 49.2. The SMILES string of the molecule is N[C@H]1[C@H]2CCO[C@@H]2C12CCCC2. The van der Waals surface area contributed by atoms with E-state index in [1.165, 1.54) is 32.1 Å². The lowest BCUT2D eigenvalue weighted by molar-refractivity contribution is -0.118. The fourth-order valence-electron chi connectivity index (χ4n) is 3.71. The van der Waals surface area contributed by atoms with E-state index in [0.29, 0.717) is 23.5 Å². The lowest BCUT2D eigenvalue weighted by atomic mass is 9.55. The lowest BCUT2D eigenvalue weighted by Crippen LogP contribution is -2.65. The van der Waals surface area contributed by atoms with Gasteiger partial charge in [0.2, 0.25) is 0 Å². The van der Waals surface area contributed by atoms with Gasteiger partial charge >= 0.3 is 0 Å². The zero-order chi connectivity index (χ0) is 8.18. The molecule has 68 valence electrons. The molecule has 2 heteroatoms. The van der Waals surface area contributed by atoms with Crippen molar-refractivity contribution in [1.29, 1.82) is 0 Å². The van der Waals surface area contributed by atoms with Crippen molar-refractivity contribution < 1.29 is 4.74 Å². The summed E-state index contributed by atoms with van der Waals surface area (Å²) in [6.45, 7) is 0.963. The Morgan fingerprint density at radius 2 is 2.00 bits per heavy atom. The summed E-state index contributed by atoms with van der Waals surface area (Å²) in [5.41, 5.74) is 6.66. The third-order valence-corrected chi connectivity index (χ3v) is 4.36. The Morgan fingerprint density at radius 3 is 2.75 bits per heavy atom. The summed E-state index contributed by atoms with van der Waals surface area (Å²) in [7, 11) is 0. The third-order valence-electron chi connectivity index (χ3n) is 4.36. The van der Waals surface area contributed by atoms with E-state index in [4.69, 9.17) is 10.5 Å². The van der Waals surface area contributed by atoms with Crippen LogP contribution in [0.5, 0.6) is 0 Å². The van der Waals surface area contributed by atoms with E-state index in [-0.39, 0.29) is 0 Å². The van der Waals surface area contributed by atoms with Gasteiger partial charge in [-0.25, -0.2) is 0 Å². The number of hydrogen-bond donors (Lipinski definition) is 1. The predicted octanol–water partition coefficient (Wildman–Crippen LogP) is 1.29. The average molecular weight is 167 g/mol. The molecule has 2 aliphatic carbocycles. The van der Waals surface area contributed by atoms with Crippen molar-refractivity contribution in [2.24, 2.45) is 17.1 Å². The summed E-state index contributed by atoms with van der Waals surface area (Å²) < 4.78 is 5.78. The molecule has 12 heavy (non-hydrogen) atoms. The first kappa shape index (κ1) is 7.34. The Morgan fingerprint density at radius 1 is 1.25 bits per heavy atom. The van der Waals surface area contributed by atoms with Crippen molar-refractivity contribution in [2.45, 2.75) is 44.2 Å². The van der Waals surface area contributed by atoms with Gasteiger partial charge in [-0.15, -0.1) is 0 Å². The number of fused-ring (bicyclic) bond motifs is 2. The number of nitrogens with two attached hydrogens (primary N) is 1. The molecule has 0 radical (unpaired) electrons. The van der Waals surface area contributed by atoms with Crippen LogP contribution in [0.25, 0.3) is 0 Å². The summed E-state index contributed by atoms with van der Waals surface area (Å²) in [5.74, 6) is 0.711. The Hall–Kier alpha value is -0.0800. The van der Waals surface area contributed by atoms with Crippen molar-refractivity contribution in [3.63, 3.8) is 0 Å². The molecule has 2 N–H and O–H groups in total. The van der Waals surface area contributed by atoms with Gasteiger partial charge in [-0.3, -0.25) is 0 Å². The number of ether oxygens (including phenoxy) is 1. The predicted molar refractivity (Wildman–Crippen MR) is 46.7 cm³/mol. The van der Waals surface area contributed by atoms with Gasteiger partial charge in [0.25, 0.3) is 0 Å². The van der Waals surface area contributed by atoms with Gasteiger partial charge in [-0.2, -0.15) is 0 Å². The van der Waals surface area contributed by atoms with Crippen molar-refractivity contribution in [3.05, 3.63) is 0 Å². The van der Waals surface area contributed by atoms with Gasteiger partial charge in [0, 0.05) is 24.0 Å². The molecule has 3 atom stereocenters. The second-order valence-electron chi connectivity index (χ2n) is 4.71. The molecule has 1 aliphatic heterocycles. The first-order chi connectivity index (χ1) is 5.84. The summed E-state index contributed by atoms with van der Waals surface area (Å²) >= 11 is 0. The van der Waals surface area contributed by atoms with E-state index in [2.05, 4.69) is 0 Å². The molecular weight excluding hydrogens is 150 g/mol. The zero-order valence-corrected chi connectivity index (χ0v) is 7.46. The van der Waals surface area contributed by atoms with Gasteiger partial charge in [-0.05, 0) is 19.3 Å². The topological polar surface area (TPSA) is 35.2 Å². The number of rotatable bonds is 0. The largest absolute Gasteiger partial charge is 0.377 e. The minimum atomic E-state index is 0.432. The van der Waals surface area contributed by atoms with Crippen LogP contribution in [0.2, 0.25) is 0 Å². The van der Waals surface area contributed by atoms with Gasteiger partial charge in [0.15, 0.2) is 0 Å². The highest BCUT2D eigenvalue weighted by atomic mass is 16.5. The van der Waals surface area contributed by atoms with Gasteiger partial charge in [-0.1, -0.05) is 12.8 Å². The van der Waals surface area contributed by atoms with E-state index < -0.39 is 0 Å². The van der Waals surface area contributed by atoms with Crippen LogP contribution >= 0.6 is 0 Å². The van der Waals surface area contributed by atoms with Gasteiger partial charge in [0.1, 0.15) is 0 Å². The van der Waals surface area contributed by atoms with Crippen LogP contribution in [-0.2, 0) is 4.74 Å². The maximum atomic E-state index is 6.22. The van der Waals surface area contributed by atoms with Crippen LogP contribution in [0.4, 0.5) is 0 Å². The van der Waals surface area contributed by atoms with Crippen LogP contribution in [-0.4, -0.2) is 18.8 Å². The van der Waals surface area contributed by atoms with Crippen LogP contribution in [0.15, 0.2) is 0 Å². The molecule has 0 aromatic rings. The summed E-state index contributed by atoms with van der Waals surface area (Å²) in [4.78, 5) is 0. The Bertz CT molecular complexity index is 198. The quantitative estimate of drug-likeness (QED) is 0.590. The Balaban J connectivity index is 1.87. The van der Waals surface area contributed by atoms with Crippen molar-refractivity contribution in [3.8, 4) is 0 Å². The highest BCUT2D eigenvalue weighted by molar-refractivity contribution is 5.15. The molecule has 3 fully saturated rings. The second kappa shape index (κ2) is 2.24. The maximum absolute atomic E-state index is 6.22. The molecule has 0 aromatic heterocycles. The minimum Gasteiger partial charge on any atom is -0.377 e. The van der Waals surface area contributed by atoms with Crippen LogP contribution < -0.4 is 5.73 Å². The molecule has 1 heterocycles. The number of hydrogen-bond acceptors (Lipinski definition) is 2. The van der Waals surface area contributed by atoms with Crippen LogP contribution in [0.3, 0.4) is 0 Å². The monoisotopic (exact) mass is 167 g/mol. The smallest absolute Gasteiger partial charge is 0.0690 e. The Kier molecular flexibility index (Phi) is 1.37. The molecule has 1 spiro atoms. The molecule has 0 amide bonds. The highest BCUT2D eigenvalue weighted by Gasteiger charge is 2.63. The van der Waals surface area contributed by atoms with Crippen LogP contribution in [0, 0.1) is 11.3 Å². The molecule has 0 aromatic carbocycles. The highest BCUT2D eigenvalue weighted by Crippen LogP contribution is 2.59. The minimum absolute atomic E-state index is 0.432. The molecule has 1 saturated heterocycles. The van der Waals surface area contributed by atoms with Crippen molar-refractivity contribution in [2.75, 3.05) is 6.61 Å². The standard InChI is InChI=1S/C10H17NO/c11-8-7-3-6-12-9(7)10(8)4-1-2-5-10/h7-9H,1-6,11H2/t7-,8+,9+/m1/s1. The molecule has 3 rings (SSSR count). The average Bonchev–Trinajstić information content (AvgIpc) is 2.72. The maximum Gasteiger partial charge on any atom is 0.0690 e. The van der Waals surface area contributed by atoms with E-state index in [1.807, 2.05) is 0 Å². The first-order valence-electron chi connectivity index (χ1n) is 5.22. The fourth-order valence-corrected chi connectivity index (χ4v) is 3.71. The molecule has 2 nitrogen and oxygen atoms in total. The molecular formula is C10H17NO. The first-order valence-corrected chi connectivity index (χ1v) is 5.22. The fraction of sp³-hybridized carbons (Fsp3) is 1.00. The second-order valence-corrected chi connectivity index (χ2v) is 4.71. The molecule has 0 unspecified atom stereocenters. The van der Waals surface area contributed by atoms with Gasteiger partial charge < -0.3 is 10.5 Å². The zero-order valence-electron chi connectivity index (χ0n) is 7.46. The Labute approximate surface area is 73.5 Å². The van der Waals surface area contributed by atoms with E-state index in [0.717, 1.165) is 6.61 Å². The van der Waals surface area contributed by atoms with E-state index in [9.17, 15) is 0 Å². The molecule has 3 aliphatic rings. The molecule has 0 bridgehead atoms. The van der Waals surface area contributed by atoms with Crippen LogP contribution in [0.1, 0.15) is 32.1 Å². The summed E-state index contributed by atoms with van der Waals surface area (Å²) in [6.07, 6.45) is 7.17. The van der Waals surface area contributed by atoms with Gasteiger partial charge in [0.05, 0.1) is 6.10 Å². The van der Waals surface area contributed by atoms with Crippen molar-refractivity contribution >= 4 is 0 Å². The third kappa shape index (κ3) is 0.647. The van der Waals surface area contributed by atoms with E-state index >= 15 is 0 Å². The molecule has 2 saturated carbocycles. The lowest BCUT2D eigenvalue weighted by Gasteiger charge is -2.55. The van der Waals surface area contributed by atoms with E-state index in [1.54, 1.807) is 0 Å². The van der Waals surface area contributed by atoms with Crippen molar-refractivity contribution in [1.82, 2.24) is 0 Å².